The van der Waals surface area contributed by atoms with Gasteiger partial charge >= 0.3 is 11.9 Å². The predicted molar refractivity (Wildman–Crippen MR) is 83.0 cm³/mol. The van der Waals surface area contributed by atoms with Gasteiger partial charge in [0.25, 0.3) is 0 Å². The molecule has 0 rings (SSSR count). The molecule has 1 atom stereocenters. The lowest BCUT2D eigenvalue weighted by Gasteiger charge is -2.31. The number of carbonyl (C=O) groups excluding carboxylic acids is 1. The first kappa shape index (κ1) is 19.9. The van der Waals surface area contributed by atoms with Crippen molar-refractivity contribution < 1.29 is 19.4 Å². The van der Waals surface area contributed by atoms with E-state index >= 15 is 0 Å². The molecule has 0 radical (unpaired) electrons. The first-order valence-electron chi connectivity index (χ1n) is 7.86. The van der Waals surface area contributed by atoms with Gasteiger partial charge in [-0.1, -0.05) is 32.6 Å². The number of nitrogens with two attached hydrogens (primary N) is 1. The monoisotopic (exact) mass is 301 g/mol. The minimum absolute atomic E-state index is 0.290. The maximum absolute atomic E-state index is 12.5. The van der Waals surface area contributed by atoms with Crippen molar-refractivity contribution in [3.05, 3.63) is 0 Å². The van der Waals surface area contributed by atoms with Crippen molar-refractivity contribution in [2.75, 3.05) is 6.54 Å². The highest BCUT2D eigenvalue weighted by atomic mass is 16.6. The molecule has 0 saturated heterocycles. The molecule has 0 aliphatic heterocycles. The molecule has 5 nitrogen and oxygen atoms in total. The molecule has 0 aromatic heterocycles. The lowest BCUT2D eigenvalue weighted by atomic mass is 9.78. The van der Waals surface area contributed by atoms with E-state index in [2.05, 4.69) is 0 Å². The van der Waals surface area contributed by atoms with Crippen molar-refractivity contribution in [3.63, 3.8) is 0 Å². The third-order valence-corrected chi connectivity index (χ3v) is 3.46. The van der Waals surface area contributed by atoms with E-state index in [4.69, 9.17) is 10.5 Å². The van der Waals surface area contributed by atoms with E-state index in [0.29, 0.717) is 32.2 Å². The maximum Gasteiger partial charge on any atom is 0.323 e. The lowest BCUT2D eigenvalue weighted by Crippen LogP contribution is -2.43. The third kappa shape index (κ3) is 6.93. The van der Waals surface area contributed by atoms with Crippen LogP contribution in [0, 0.1) is 5.41 Å². The van der Waals surface area contributed by atoms with Crippen LogP contribution in [0.5, 0.6) is 0 Å². The molecule has 0 bridgehead atoms. The zero-order valence-electron chi connectivity index (χ0n) is 13.9. The highest BCUT2D eigenvalue weighted by Crippen LogP contribution is 2.35. The number of hydrogen-bond acceptors (Lipinski definition) is 4. The predicted octanol–water partition coefficient (Wildman–Crippen LogP) is 3.11. The van der Waals surface area contributed by atoms with Gasteiger partial charge < -0.3 is 15.6 Å². The molecule has 124 valence electrons. The summed E-state index contributed by atoms with van der Waals surface area (Å²) in [6, 6.07) is 0. The van der Waals surface area contributed by atoms with E-state index in [9.17, 15) is 14.7 Å². The van der Waals surface area contributed by atoms with Crippen LogP contribution in [-0.2, 0) is 14.3 Å². The van der Waals surface area contributed by atoms with Crippen LogP contribution in [0.2, 0.25) is 0 Å². The number of unbranched alkanes of at least 4 members (excludes halogenated alkanes) is 3. The molecule has 0 aromatic rings. The molecular formula is C16H31NO4. The number of esters is 1. The Hall–Kier alpha value is -1.10. The minimum Gasteiger partial charge on any atom is -0.480 e. The molecule has 0 amide bonds. The fraction of sp³-hybridized carbons (Fsp3) is 0.875. The summed E-state index contributed by atoms with van der Waals surface area (Å²) in [5, 5.41) is 9.66. The Kier molecular flexibility index (Phi) is 8.55. The van der Waals surface area contributed by atoms with E-state index in [1.807, 2.05) is 6.92 Å². The van der Waals surface area contributed by atoms with E-state index < -0.39 is 23.0 Å². The summed E-state index contributed by atoms with van der Waals surface area (Å²) < 4.78 is 5.37. The quantitative estimate of drug-likeness (QED) is 0.367. The van der Waals surface area contributed by atoms with Crippen molar-refractivity contribution in [2.24, 2.45) is 11.1 Å². The normalized spacial score (nSPS) is 14.5. The summed E-state index contributed by atoms with van der Waals surface area (Å²) in [5.74, 6) is -1.69. The van der Waals surface area contributed by atoms with Gasteiger partial charge in [-0.3, -0.25) is 9.59 Å². The minimum atomic E-state index is -1.43. The fourth-order valence-corrected chi connectivity index (χ4v) is 2.25. The van der Waals surface area contributed by atoms with Gasteiger partial charge in [-0.05, 0) is 46.6 Å². The smallest absolute Gasteiger partial charge is 0.323 e. The van der Waals surface area contributed by atoms with Crippen LogP contribution < -0.4 is 5.73 Å². The average molecular weight is 301 g/mol. The van der Waals surface area contributed by atoms with Crippen LogP contribution in [-0.4, -0.2) is 29.2 Å². The Morgan fingerprint density at radius 1 is 1.05 bits per heavy atom. The lowest BCUT2D eigenvalue weighted by molar-refractivity contribution is -0.178. The fourth-order valence-electron chi connectivity index (χ4n) is 2.25. The highest BCUT2D eigenvalue weighted by Gasteiger charge is 2.47. The molecule has 5 heteroatoms. The number of aliphatic carboxylic acids is 1. The van der Waals surface area contributed by atoms with Crippen molar-refractivity contribution >= 4 is 11.9 Å². The first-order valence-corrected chi connectivity index (χ1v) is 7.86. The number of carboxylic acids is 1. The van der Waals surface area contributed by atoms with Crippen LogP contribution in [0.3, 0.4) is 0 Å². The number of ether oxygens (including phenoxy) is 1. The molecule has 1 unspecified atom stereocenters. The van der Waals surface area contributed by atoms with E-state index in [1.165, 1.54) is 0 Å². The average Bonchev–Trinajstić information content (AvgIpc) is 2.34. The molecule has 0 saturated carbocycles. The molecule has 0 aliphatic carbocycles. The zero-order chi connectivity index (χ0) is 16.5. The SMILES string of the molecule is CCCCCC(CCCCN)(C(=O)O)C(=O)OC(C)(C)C. The van der Waals surface area contributed by atoms with Crippen LogP contribution in [0.25, 0.3) is 0 Å². The van der Waals surface area contributed by atoms with E-state index in [0.717, 1.165) is 12.8 Å². The molecule has 0 fully saturated rings. The van der Waals surface area contributed by atoms with Crippen LogP contribution >= 0.6 is 0 Å². The molecule has 21 heavy (non-hydrogen) atoms. The second-order valence-electron chi connectivity index (χ2n) is 6.59. The van der Waals surface area contributed by atoms with Crippen LogP contribution in [0.1, 0.15) is 72.6 Å². The Balaban J connectivity index is 5.14. The molecule has 3 N–H and O–H groups in total. The van der Waals surface area contributed by atoms with Gasteiger partial charge in [-0.2, -0.15) is 0 Å². The van der Waals surface area contributed by atoms with Gasteiger partial charge in [0.05, 0.1) is 0 Å². The van der Waals surface area contributed by atoms with Gasteiger partial charge in [0.15, 0.2) is 5.41 Å². The Bertz CT molecular complexity index is 324. The van der Waals surface area contributed by atoms with Gasteiger partial charge in [0.2, 0.25) is 0 Å². The van der Waals surface area contributed by atoms with Crippen molar-refractivity contribution in [1.82, 2.24) is 0 Å². The molecule has 0 aliphatic rings. The number of hydrogen-bond donors (Lipinski definition) is 2. The summed E-state index contributed by atoms with van der Waals surface area (Å²) in [4.78, 5) is 24.3. The second-order valence-corrected chi connectivity index (χ2v) is 6.59. The Morgan fingerprint density at radius 3 is 1.95 bits per heavy atom. The van der Waals surface area contributed by atoms with E-state index in [1.54, 1.807) is 20.8 Å². The Morgan fingerprint density at radius 2 is 1.57 bits per heavy atom. The second kappa shape index (κ2) is 9.03. The largest absolute Gasteiger partial charge is 0.480 e. The molecule has 0 aromatic carbocycles. The van der Waals surface area contributed by atoms with E-state index in [-0.39, 0.29) is 6.42 Å². The topological polar surface area (TPSA) is 89.6 Å². The number of carboxylic acid groups (broad SMARTS) is 1. The third-order valence-electron chi connectivity index (χ3n) is 3.46. The van der Waals surface area contributed by atoms with Crippen LogP contribution in [0.4, 0.5) is 0 Å². The van der Waals surface area contributed by atoms with Crippen molar-refractivity contribution in [3.8, 4) is 0 Å². The van der Waals surface area contributed by atoms with Gasteiger partial charge in [-0.15, -0.1) is 0 Å². The summed E-state index contributed by atoms with van der Waals surface area (Å²) >= 11 is 0. The standard InChI is InChI=1S/C16H31NO4/c1-5-6-7-10-16(13(18)19,11-8-9-12-17)14(20)21-15(2,3)4/h5-12,17H2,1-4H3,(H,18,19). The van der Waals surface area contributed by atoms with Crippen molar-refractivity contribution in [1.29, 1.82) is 0 Å². The van der Waals surface area contributed by atoms with Crippen molar-refractivity contribution in [2.45, 2.75) is 78.2 Å². The maximum atomic E-state index is 12.5. The molecular weight excluding hydrogens is 270 g/mol. The zero-order valence-corrected chi connectivity index (χ0v) is 13.9. The number of carbonyl (C=O) groups is 2. The van der Waals surface area contributed by atoms with Gasteiger partial charge in [0.1, 0.15) is 5.60 Å². The van der Waals surface area contributed by atoms with Gasteiger partial charge in [0, 0.05) is 0 Å². The van der Waals surface area contributed by atoms with Gasteiger partial charge in [-0.25, -0.2) is 0 Å². The first-order chi connectivity index (χ1) is 9.69. The molecule has 0 heterocycles. The summed E-state index contributed by atoms with van der Waals surface area (Å²) in [6.45, 7) is 7.81. The summed E-state index contributed by atoms with van der Waals surface area (Å²) in [6.07, 6.45) is 4.56. The highest BCUT2D eigenvalue weighted by molar-refractivity contribution is 5.99. The Labute approximate surface area is 128 Å². The van der Waals surface area contributed by atoms with Crippen LogP contribution in [0.15, 0.2) is 0 Å². The summed E-state index contributed by atoms with van der Waals surface area (Å²) in [7, 11) is 0. The summed E-state index contributed by atoms with van der Waals surface area (Å²) in [5.41, 5.74) is 3.35. The number of rotatable bonds is 10. The molecule has 0 spiro atoms.